The van der Waals surface area contributed by atoms with Gasteiger partial charge in [0.25, 0.3) is 0 Å². The molecule has 3 nitrogen and oxygen atoms in total. The molecule has 1 aromatic rings. The quantitative estimate of drug-likeness (QED) is 0.833. The van der Waals surface area contributed by atoms with Crippen molar-refractivity contribution >= 4 is 21.6 Å². The smallest absolute Gasteiger partial charge is 0.0367 e. The second-order valence-corrected chi connectivity index (χ2v) is 3.96. The van der Waals surface area contributed by atoms with E-state index < -0.39 is 0 Å². The van der Waals surface area contributed by atoms with Gasteiger partial charge in [-0.05, 0) is 24.3 Å². The Morgan fingerprint density at radius 1 is 1.00 bits per heavy atom. The van der Waals surface area contributed by atoms with Gasteiger partial charge in [0.1, 0.15) is 0 Å². The molecule has 0 saturated heterocycles. The van der Waals surface area contributed by atoms with Crippen LogP contribution in [0.4, 0.5) is 5.69 Å². The van der Waals surface area contributed by atoms with E-state index in [2.05, 4.69) is 33.0 Å². The highest BCUT2D eigenvalue weighted by Crippen LogP contribution is 2.17. The molecule has 0 heterocycles. The van der Waals surface area contributed by atoms with Crippen LogP contribution in [0.5, 0.6) is 0 Å². The molecular formula is C10H16BrN3. The maximum Gasteiger partial charge on any atom is 0.0367 e. The van der Waals surface area contributed by atoms with E-state index in [1.807, 2.05) is 12.1 Å². The molecule has 0 aliphatic carbocycles. The topological polar surface area (TPSA) is 55.3 Å². The SMILES string of the molecule is NCCN(CCN)c1ccc(Br)cc1. The van der Waals surface area contributed by atoms with Crippen molar-refractivity contribution in [1.82, 2.24) is 0 Å². The number of anilines is 1. The summed E-state index contributed by atoms with van der Waals surface area (Å²) in [6.07, 6.45) is 0. The van der Waals surface area contributed by atoms with Crippen LogP contribution < -0.4 is 16.4 Å². The van der Waals surface area contributed by atoms with Crippen LogP contribution >= 0.6 is 15.9 Å². The third-order valence-electron chi connectivity index (χ3n) is 1.99. The summed E-state index contributed by atoms with van der Waals surface area (Å²) in [6, 6.07) is 8.18. The second kappa shape index (κ2) is 6.01. The van der Waals surface area contributed by atoms with Crippen LogP contribution in [0.3, 0.4) is 0 Å². The Labute approximate surface area is 93.2 Å². The molecule has 0 radical (unpaired) electrons. The zero-order chi connectivity index (χ0) is 10.4. The van der Waals surface area contributed by atoms with E-state index in [4.69, 9.17) is 11.5 Å². The standard InChI is InChI=1S/C10H16BrN3/c11-9-1-3-10(4-2-9)14(7-5-12)8-6-13/h1-4H,5-8,12-13H2. The first-order valence-corrected chi connectivity index (χ1v) is 5.48. The van der Waals surface area contributed by atoms with Gasteiger partial charge < -0.3 is 16.4 Å². The van der Waals surface area contributed by atoms with Crippen LogP contribution in [-0.4, -0.2) is 26.2 Å². The van der Waals surface area contributed by atoms with Crippen molar-refractivity contribution in [3.63, 3.8) is 0 Å². The Morgan fingerprint density at radius 2 is 1.50 bits per heavy atom. The van der Waals surface area contributed by atoms with Crippen LogP contribution in [-0.2, 0) is 0 Å². The van der Waals surface area contributed by atoms with Gasteiger partial charge in [-0.15, -0.1) is 0 Å². The maximum absolute atomic E-state index is 5.54. The molecule has 0 aliphatic heterocycles. The molecule has 0 aliphatic rings. The van der Waals surface area contributed by atoms with Crippen molar-refractivity contribution in [1.29, 1.82) is 0 Å². The Kier molecular flexibility index (Phi) is 4.93. The highest BCUT2D eigenvalue weighted by Gasteiger charge is 2.03. The van der Waals surface area contributed by atoms with Crippen molar-refractivity contribution in [3.8, 4) is 0 Å². The van der Waals surface area contributed by atoms with Gasteiger partial charge in [0.2, 0.25) is 0 Å². The minimum Gasteiger partial charge on any atom is -0.369 e. The Morgan fingerprint density at radius 3 is 1.93 bits per heavy atom. The molecule has 78 valence electrons. The molecule has 4 heteroatoms. The molecule has 0 spiro atoms. The van der Waals surface area contributed by atoms with Crippen LogP contribution in [0.1, 0.15) is 0 Å². The summed E-state index contributed by atoms with van der Waals surface area (Å²) in [5.41, 5.74) is 12.2. The van der Waals surface area contributed by atoms with Crippen molar-refractivity contribution < 1.29 is 0 Å². The fourth-order valence-electron chi connectivity index (χ4n) is 1.33. The lowest BCUT2D eigenvalue weighted by molar-refractivity contribution is 0.782. The molecule has 0 saturated carbocycles. The van der Waals surface area contributed by atoms with Crippen LogP contribution in [0, 0.1) is 0 Å². The lowest BCUT2D eigenvalue weighted by Gasteiger charge is -2.23. The summed E-state index contributed by atoms with van der Waals surface area (Å²) in [4.78, 5) is 2.19. The number of hydrogen-bond acceptors (Lipinski definition) is 3. The Bertz CT molecular complexity index is 255. The summed E-state index contributed by atoms with van der Waals surface area (Å²) in [6.45, 7) is 2.99. The van der Waals surface area contributed by atoms with E-state index in [0.29, 0.717) is 13.1 Å². The minimum atomic E-state index is 0.649. The van der Waals surface area contributed by atoms with Gasteiger partial charge >= 0.3 is 0 Å². The van der Waals surface area contributed by atoms with Crippen molar-refractivity contribution in [2.24, 2.45) is 11.5 Å². The van der Waals surface area contributed by atoms with E-state index in [1.54, 1.807) is 0 Å². The third-order valence-corrected chi connectivity index (χ3v) is 2.52. The van der Waals surface area contributed by atoms with Gasteiger partial charge in [-0.1, -0.05) is 15.9 Å². The van der Waals surface area contributed by atoms with E-state index in [1.165, 1.54) is 5.69 Å². The summed E-state index contributed by atoms with van der Waals surface area (Å²) >= 11 is 3.40. The molecule has 4 N–H and O–H groups in total. The lowest BCUT2D eigenvalue weighted by Crippen LogP contribution is -2.33. The van der Waals surface area contributed by atoms with Gasteiger partial charge in [0.05, 0.1) is 0 Å². The predicted molar refractivity (Wildman–Crippen MR) is 64.5 cm³/mol. The molecule has 0 fully saturated rings. The van der Waals surface area contributed by atoms with Gasteiger partial charge in [-0.3, -0.25) is 0 Å². The zero-order valence-electron chi connectivity index (χ0n) is 8.12. The normalized spacial score (nSPS) is 10.2. The number of benzene rings is 1. The number of rotatable bonds is 5. The van der Waals surface area contributed by atoms with E-state index in [-0.39, 0.29) is 0 Å². The summed E-state index contributed by atoms with van der Waals surface area (Å²) in [7, 11) is 0. The van der Waals surface area contributed by atoms with E-state index in [0.717, 1.165) is 17.6 Å². The van der Waals surface area contributed by atoms with Gasteiger partial charge in [-0.25, -0.2) is 0 Å². The number of nitrogens with zero attached hydrogens (tertiary/aromatic N) is 1. The summed E-state index contributed by atoms with van der Waals surface area (Å²) < 4.78 is 1.08. The van der Waals surface area contributed by atoms with Crippen molar-refractivity contribution in [3.05, 3.63) is 28.7 Å². The predicted octanol–water partition coefficient (Wildman–Crippen LogP) is 1.17. The average molecular weight is 258 g/mol. The molecule has 0 atom stereocenters. The van der Waals surface area contributed by atoms with E-state index >= 15 is 0 Å². The molecular weight excluding hydrogens is 242 g/mol. The first-order chi connectivity index (χ1) is 6.77. The van der Waals surface area contributed by atoms with E-state index in [9.17, 15) is 0 Å². The minimum absolute atomic E-state index is 0.649. The first kappa shape index (κ1) is 11.5. The first-order valence-electron chi connectivity index (χ1n) is 4.68. The fourth-order valence-corrected chi connectivity index (χ4v) is 1.60. The average Bonchev–Trinajstić information content (AvgIpc) is 2.19. The van der Waals surface area contributed by atoms with Crippen LogP contribution in [0.15, 0.2) is 28.7 Å². The van der Waals surface area contributed by atoms with Crippen molar-refractivity contribution in [2.45, 2.75) is 0 Å². The highest BCUT2D eigenvalue weighted by molar-refractivity contribution is 9.10. The highest BCUT2D eigenvalue weighted by atomic mass is 79.9. The monoisotopic (exact) mass is 257 g/mol. The fraction of sp³-hybridized carbons (Fsp3) is 0.400. The maximum atomic E-state index is 5.54. The van der Waals surface area contributed by atoms with Crippen LogP contribution in [0.2, 0.25) is 0 Å². The second-order valence-electron chi connectivity index (χ2n) is 3.04. The number of nitrogens with two attached hydrogens (primary N) is 2. The summed E-state index contributed by atoms with van der Waals surface area (Å²) in [5, 5.41) is 0. The zero-order valence-corrected chi connectivity index (χ0v) is 9.70. The third kappa shape index (κ3) is 3.29. The molecule has 1 rings (SSSR count). The largest absolute Gasteiger partial charge is 0.369 e. The van der Waals surface area contributed by atoms with Crippen LogP contribution in [0.25, 0.3) is 0 Å². The van der Waals surface area contributed by atoms with Gasteiger partial charge in [-0.2, -0.15) is 0 Å². The molecule has 0 unspecified atom stereocenters. The summed E-state index contributed by atoms with van der Waals surface area (Å²) in [5.74, 6) is 0. The molecule has 0 amide bonds. The molecule has 0 aromatic heterocycles. The van der Waals surface area contributed by atoms with Crippen molar-refractivity contribution in [2.75, 3.05) is 31.1 Å². The molecule has 0 bridgehead atoms. The van der Waals surface area contributed by atoms with Gasteiger partial charge in [0.15, 0.2) is 0 Å². The Balaban J connectivity index is 2.71. The number of halogens is 1. The lowest BCUT2D eigenvalue weighted by atomic mass is 10.3. The van der Waals surface area contributed by atoms with Gasteiger partial charge in [0, 0.05) is 36.3 Å². The molecule has 1 aromatic carbocycles. The molecule has 14 heavy (non-hydrogen) atoms. The number of hydrogen-bond donors (Lipinski definition) is 2. The Hall–Kier alpha value is -0.580.